The topological polar surface area (TPSA) is 382 Å². The molecule has 0 aliphatic heterocycles. The molecule has 0 saturated heterocycles. The van der Waals surface area contributed by atoms with E-state index in [2.05, 4.69) is 31.9 Å². The molecule has 18 N–H and O–H groups in total. The third-order valence-corrected chi connectivity index (χ3v) is 13.2. The van der Waals surface area contributed by atoms with Crippen LogP contribution in [0.15, 0.2) is 72.8 Å². The number of benzene rings is 3. The maximum absolute atomic E-state index is 13.9. The number of carbonyl (C=O) groups excluding carboxylic acids is 9. The number of unbranched alkanes of at least 4 members (excludes halogenated alkanes) is 3. The number of rotatable bonds is 36. The van der Waals surface area contributed by atoms with Crippen LogP contribution in [0.1, 0.15) is 140 Å². The lowest BCUT2D eigenvalue weighted by Crippen LogP contribution is -2.57. The third-order valence-electron chi connectivity index (χ3n) is 13.2. The smallest absolute Gasteiger partial charge is 0.252 e. The minimum absolute atomic E-state index is 0. The van der Waals surface area contributed by atoms with E-state index in [1.54, 1.807) is 72.8 Å². The summed E-state index contributed by atoms with van der Waals surface area (Å²) in [5.74, 6) is -4.67. The van der Waals surface area contributed by atoms with Crippen LogP contribution < -0.4 is 66.3 Å². The van der Waals surface area contributed by atoms with Crippen LogP contribution >= 0.6 is 12.4 Å². The summed E-state index contributed by atoms with van der Waals surface area (Å²) in [7, 11) is 0. The number of hydrogen-bond donors (Lipinski definition) is 12. The molecule has 0 spiro atoms. The first-order chi connectivity index (χ1) is 36.1. The van der Waals surface area contributed by atoms with Crippen molar-refractivity contribution in [3.8, 4) is 0 Å². The number of ketones is 3. The molecule has 424 valence electrons. The van der Waals surface area contributed by atoms with Crippen molar-refractivity contribution in [2.75, 3.05) is 55.2 Å². The van der Waals surface area contributed by atoms with E-state index < -0.39 is 57.6 Å². The van der Waals surface area contributed by atoms with E-state index in [9.17, 15) is 43.2 Å². The van der Waals surface area contributed by atoms with E-state index in [-0.39, 0.29) is 88.3 Å². The number of amides is 6. The minimum Gasteiger partial charge on any atom is -0.356 e. The monoisotopic (exact) mass is 1090 g/mol. The molecule has 0 saturated carbocycles. The number of hydrogen-bond acceptors (Lipinski definition) is 15. The molecule has 0 unspecified atom stereocenters. The number of Topliss-reactive ketones (excluding diaryl/α,β-unsaturated/α-hetero) is 3. The van der Waals surface area contributed by atoms with Gasteiger partial charge in [0.2, 0.25) is 17.7 Å². The van der Waals surface area contributed by atoms with Gasteiger partial charge in [0.1, 0.15) is 0 Å². The average molecular weight is 1090 g/mol. The van der Waals surface area contributed by atoms with Gasteiger partial charge in [0, 0.05) is 82.6 Å². The summed E-state index contributed by atoms with van der Waals surface area (Å²) in [6.45, 7) is 5.94. The second kappa shape index (κ2) is 33.6. The summed E-state index contributed by atoms with van der Waals surface area (Å²) < 4.78 is 0. The summed E-state index contributed by atoms with van der Waals surface area (Å²) in [5, 5.41) is 16.4. The van der Waals surface area contributed by atoms with Crippen molar-refractivity contribution in [2.45, 2.75) is 140 Å². The zero-order valence-corrected chi connectivity index (χ0v) is 45.7. The predicted octanol–water partition coefficient (Wildman–Crippen LogP) is 3.04. The van der Waals surface area contributed by atoms with Gasteiger partial charge in [-0.1, -0.05) is 36.4 Å². The molecule has 0 heterocycles. The quantitative estimate of drug-likeness (QED) is 0.0226. The Morgan fingerprint density at radius 2 is 0.623 bits per heavy atom. The van der Waals surface area contributed by atoms with Crippen molar-refractivity contribution in [3.63, 3.8) is 0 Å². The van der Waals surface area contributed by atoms with E-state index in [1.807, 2.05) is 0 Å². The van der Waals surface area contributed by atoms with E-state index in [4.69, 9.17) is 34.4 Å². The summed E-state index contributed by atoms with van der Waals surface area (Å²) >= 11 is 0. The van der Waals surface area contributed by atoms with Crippen LogP contribution in [0.2, 0.25) is 0 Å². The van der Waals surface area contributed by atoms with Gasteiger partial charge in [-0.15, -0.1) is 12.4 Å². The molecule has 3 rings (SSSR count). The summed E-state index contributed by atoms with van der Waals surface area (Å²) in [6, 6.07) is 20.9. The van der Waals surface area contributed by atoms with Gasteiger partial charge in [-0.05, 0) is 150 Å². The lowest BCUT2D eigenvalue weighted by Gasteiger charge is -2.28. The highest BCUT2D eigenvalue weighted by atomic mass is 35.5. The average Bonchev–Trinajstić information content (AvgIpc) is 3.38. The Kier molecular flexibility index (Phi) is 29.1. The SMILES string of the molecule is CC(=O)NCCCC(=O)[C@@](N)(CCCCN)C(=O)Nc1ccc(C(c2ccc(NC(=O)[C@](N)(CCCCN)C(=O)CCCNC(C)=O)cc2)c2ccc(NC(=O)[C@](N)(CCCCN)C(=O)CCCNC(C)=O)cc2)cc1.Cl. The lowest BCUT2D eigenvalue weighted by atomic mass is 9.84. The molecule has 0 bridgehead atoms. The Balaban J connectivity index is 0.0000203. The standard InChI is InChI=1S/C55H82N12O9.ClH/c1-37(68)62-34-10-13-46(71)53(59,28-4-7-31-56)50(74)65-43-22-16-40(17-23-43)49(41-18-24-44(25-19-41)66-51(75)54(60,29-5-8-32-57)47(72)14-11-35-63-38(2)69)42-20-26-45(27-21-42)67-52(76)55(61,30-6-9-33-58)48(73)15-12-36-64-39(3)70;/h16-27,49H,4-15,28-36,56-61H2,1-3H3,(H,62,68)(H,63,69)(H,64,70)(H,65,74)(H,66,75)(H,67,76);1H/t53-,54-,55-;/m0./s1. The number of halogens is 1. The molecular formula is C55H83ClN12O9. The van der Waals surface area contributed by atoms with Crippen LogP contribution in [0.3, 0.4) is 0 Å². The second-order valence-electron chi connectivity index (χ2n) is 19.3. The molecule has 77 heavy (non-hydrogen) atoms. The first kappa shape index (κ1) is 66.7. The van der Waals surface area contributed by atoms with E-state index in [0.717, 1.165) is 16.7 Å². The van der Waals surface area contributed by atoms with Gasteiger partial charge in [0.15, 0.2) is 34.0 Å². The Bertz CT molecular complexity index is 2160. The molecule has 0 radical (unpaired) electrons. The van der Waals surface area contributed by atoms with Gasteiger partial charge < -0.3 is 66.3 Å². The lowest BCUT2D eigenvalue weighted by molar-refractivity contribution is -0.135. The summed E-state index contributed by atoms with van der Waals surface area (Å²) in [5.41, 5.74) is 34.7. The maximum Gasteiger partial charge on any atom is 0.252 e. The van der Waals surface area contributed by atoms with Gasteiger partial charge in [-0.25, -0.2) is 0 Å². The number of nitrogens with one attached hydrogen (secondary N) is 6. The van der Waals surface area contributed by atoms with Crippen LogP contribution in [-0.2, 0) is 43.2 Å². The number of carbonyl (C=O) groups is 9. The summed E-state index contributed by atoms with van der Waals surface area (Å²) in [6.07, 6.45) is 3.98. The number of anilines is 3. The van der Waals surface area contributed by atoms with Crippen molar-refractivity contribution in [3.05, 3.63) is 89.5 Å². The van der Waals surface area contributed by atoms with E-state index >= 15 is 0 Å². The fraction of sp³-hybridized carbons (Fsp3) is 0.509. The zero-order valence-electron chi connectivity index (χ0n) is 44.9. The van der Waals surface area contributed by atoms with Crippen LogP contribution in [0.4, 0.5) is 17.1 Å². The first-order valence-corrected chi connectivity index (χ1v) is 26.2. The maximum atomic E-state index is 13.9. The third kappa shape index (κ3) is 21.1. The van der Waals surface area contributed by atoms with Crippen LogP contribution in [0.25, 0.3) is 0 Å². The normalized spacial score (nSPS) is 13.3. The molecule has 22 heteroatoms. The Morgan fingerprint density at radius 3 is 0.831 bits per heavy atom. The van der Waals surface area contributed by atoms with Gasteiger partial charge in [-0.3, -0.25) is 43.2 Å². The highest BCUT2D eigenvalue weighted by Crippen LogP contribution is 2.35. The molecular weight excluding hydrogens is 1010 g/mol. The predicted molar refractivity (Wildman–Crippen MR) is 302 cm³/mol. The minimum atomic E-state index is -1.86. The van der Waals surface area contributed by atoms with Crippen molar-refractivity contribution in [2.24, 2.45) is 34.4 Å². The molecule has 6 amide bonds. The molecule has 3 aromatic carbocycles. The highest BCUT2D eigenvalue weighted by Gasteiger charge is 2.43. The molecule has 21 nitrogen and oxygen atoms in total. The van der Waals surface area contributed by atoms with E-state index in [0.29, 0.717) is 94.5 Å². The van der Waals surface area contributed by atoms with Crippen molar-refractivity contribution in [1.82, 2.24) is 16.0 Å². The second-order valence-corrected chi connectivity index (χ2v) is 19.3. The molecule has 0 aliphatic rings. The van der Waals surface area contributed by atoms with Crippen LogP contribution in [0, 0.1) is 0 Å². The van der Waals surface area contributed by atoms with Gasteiger partial charge in [0.25, 0.3) is 17.7 Å². The van der Waals surface area contributed by atoms with Crippen LogP contribution in [0.5, 0.6) is 0 Å². The largest absolute Gasteiger partial charge is 0.356 e. The molecule has 0 aromatic heterocycles. The van der Waals surface area contributed by atoms with Crippen LogP contribution in [-0.4, -0.2) is 109 Å². The van der Waals surface area contributed by atoms with Gasteiger partial charge >= 0.3 is 0 Å². The highest BCUT2D eigenvalue weighted by molar-refractivity contribution is 6.17. The van der Waals surface area contributed by atoms with Gasteiger partial charge in [-0.2, -0.15) is 0 Å². The zero-order chi connectivity index (χ0) is 56.3. The fourth-order valence-electron chi connectivity index (χ4n) is 8.57. The molecule has 0 aliphatic carbocycles. The Hall–Kier alpha value is -6.46. The van der Waals surface area contributed by atoms with E-state index in [1.165, 1.54) is 20.8 Å². The summed E-state index contributed by atoms with van der Waals surface area (Å²) in [4.78, 5) is 116. The van der Waals surface area contributed by atoms with Crippen molar-refractivity contribution in [1.29, 1.82) is 0 Å². The number of nitrogens with two attached hydrogens (primary N) is 6. The fourth-order valence-corrected chi connectivity index (χ4v) is 8.57. The van der Waals surface area contributed by atoms with Crippen molar-refractivity contribution < 1.29 is 43.2 Å². The molecule has 3 atom stereocenters. The molecule has 3 aromatic rings. The van der Waals surface area contributed by atoms with Crippen molar-refractivity contribution >= 4 is 82.3 Å². The Morgan fingerprint density at radius 1 is 0.390 bits per heavy atom. The first-order valence-electron chi connectivity index (χ1n) is 26.2. The van der Waals surface area contributed by atoms with Gasteiger partial charge in [0.05, 0.1) is 0 Å². The molecule has 0 fully saturated rings. The Labute approximate surface area is 458 Å².